The van der Waals surface area contributed by atoms with Crippen molar-refractivity contribution in [1.82, 2.24) is 9.78 Å². The Morgan fingerprint density at radius 3 is 3.07 bits per heavy atom. The molecular formula is C10H14N2O2. The van der Waals surface area contributed by atoms with Crippen LogP contribution in [-0.4, -0.2) is 22.4 Å². The summed E-state index contributed by atoms with van der Waals surface area (Å²) < 4.78 is 6.52. The second kappa shape index (κ2) is 5.21. The summed E-state index contributed by atoms with van der Waals surface area (Å²) in [6.07, 6.45) is 5.64. The first-order chi connectivity index (χ1) is 6.74. The molecule has 0 amide bonds. The van der Waals surface area contributed by atoms with E-state index in [1.165, 1.54) is 0 Å². The molecule has 1 rings (SSSR count). The van der Waals surface area contributed by atoms with Gasteiger partial charge in [0.25, 0.3) is 0 Å². The van der Waals surface area contributed by atoms with Gasteiger partial charge in [0.2, 0.25) is 0 Å². The molecule has 1 heterocycles. The third-order valence-corrected chi connectivity index (χ3v) is 1.74. The van der Waals surface area contributed by atoms with Crippen LogP contribution >= 0.6 is 0 Å². The molecule has 4 nitrogen and oxygen atoms in total. The van der Waals surface area contributed by atoms with Gasteiger partial charge >= 0.3 is 5.97 Å². The van der Waals surface area contributed by atoms with Gasteiger partial charge in [0.05, 0.1) is 18.7 Å². The van der Waals surface area contributed by atoms with Crippen molar-refractivity contribution in [3.05, 3.63) is 24.0 Å². The van der Waals surface area contributed by atoms with Gasteiger partial charge in [-0.1, -0.05) is 6.08 Å². The summed E-state index contributed by atoms with van der Waals surface area (Å²) in [6.45, 7) is 2.22. The smallest absolute Gasteiger partial charge is 0.309 e. The van der Waals surface area contributed by atoms with E-state index in [0.717, 1.165) is 5.69 Å². The predicted molar refractivity (Wildman–Crippen MR) is 53.5 cm³/mol. The average Bonchev–Trinajstić information content (AvgIpc) is 2.52. The Hall–Kier alpha value is -1.58. The predicted octanol–water partition coefficient (Wildman–Crippen LogP) is 1.39. The standard InChI is InChI=1S/C10H14N2O2/c1-3-14-10(13)6-4-5-9-7-8-11-12(9)2/h4-5,7-8H,3,6H2,1-2H3. The van der Waals surface area contributed by atoms with E-state index in [9.17, 15) is 4.79 Å². The summed E-state index contributed by atoms with van der Waals surface area (Å²) >= 11 is 0. The fourth-order valence-electron chi connectivity index (χ4n) is 1.04. The maximum Gasteiger partial charge on any atom is 0.309 e. The molecule has 1 aromatic rings. The fourth-order valence-corrected chi connectivity index (χ4v) is 1.04. The molecule has 0 fully saturated rings. The van der Waals surface area contributed by atoms with E-state index in [1.54, 1.807) is 23.9 Å². The third kappa shape index (κ3) is 3.05. The van der Waals surface area contributed by atoms with E-state index < -0.39 is 0 Å². The topological polar surface area (TPSA) is 44.1 Å². The number of ether oxygens (including phenoxy) is 1. The molecule has 0 saturated heterocycles. The highest BCUT2D eigenvalue weighted by Crippen LogP contribution is 2.00. The van der Waals surface area contributed by atoms with Crippen LogP contribution in [-0.2, 0) is 16.6 Å². The lowest BCUT2D eigenvalue weighted by Gasteiger charge is -1.97. The number of nitrogens with zero attached hydrogens (tertiary/aromatic N) is 2. The lowest BCUT2D eigenvalue weighted by atomic mass is 10.3. The number of carbonyl (C=O) groups is 1. The molecule has 0 unspecified atom stereocenters. The molecule has 0 spiro atoms. The van der Waals surface area contributed by atoms with E-state index in [0.29, 0.717) is 13.0 Å². The van der Waals surface area contributed by atoms with Crippen molar-refractivity contribution in [2.45, 2.75) is 13.3 Å². The van der Waals surface area contributed by atoms with Gasteiger partial charge in [0.1, 0.15) is 0 Å². The van der Waals surface area contributed by atoms with E-state index in [1.807, 2.05) is 19.2 Å². The van der Waals surface area contributed by atoms with E-state index in [2.05, 4.69) is 5.10 Å². The van der Waals surface area contributed by atoms with Crippen LogP contribution in [0.25, 0.3) is 6.08 Å². The summed E-state index contributed by atoms with van der Waals surface area (Å²) in [5.74, 6) is -0.203. The molecule has 0 aliphatic heterocycles. The quantitative estimate of drug-likeness (QED) is 0.680. The van der Waals surface area contributed by atoms with Crippen LogP contribution in [0.2, 0.25) is 0 Å². The van der Waals surface area contributed by atoms with Crippen molar-refractivity contribution in [3.8, 4) is 0 Å². The van der Waals surface area contributed by atoms with Crippen molar-refractivity contribution >= 4 is 12.0 Å². The number of carbonyl (C=O) groups excluding carboxylic acids is 1. The maximum atomic E-state index is 11.0. The molecule has 0 N–H and O–H groups in total. The van der Waals surface area contributed by atoms with E-state index >= 15 is 0 Å². The Kier molecular flexibility index (Phi) is 3.91. The fraction of sp³-hybridized carbons (Fsp3) is 0.400. The van der Waals surface area contributed by atoms with Crippen molar-refractivity contribution in [3.63, 3.8) is 0 Å². The molecule has 0 radical (unpaired) electrons. The summed E-state index contributed by atoms with van der Waals surface area (Å²) in [4.78, 5) is 11.0. The molecule has 14 heavy (non-hydrogen) atoms. The minimum absolute atomic E-state index is 0.203. The van der Waals surface area contributed by atoms with Crippen LogP contribution in [0.4, 0.5) is 0 Å². The van der Waals surface area contributed by atoms with Crippen LogP contribution in [0.3, 0.4) is 0 Å². The van der Waals surface area contributed by atoms with Crippen molar-refractivity contribution in [2.75, 3.05) is 6.61 Å². The molecule has 0 aromatic carbocycles. The minimum atomic E-state index is -0.203. The van der Waals surface area contributed by atoms with Gasteiger partial charge in [-0.2, -0.15) is 5.10 Å². The number of hydrogen-bond acceptors (Lipinski definition) is 3. The molecule has 0 aliphatic carbocycles. The Balaban J connectivity index is 2.42. The van der Waals surface area contributed by atoms with Crippen LogP contribution in [0.15, 0.2) is 18.3 Å². The lowest BCUT2D eigenvalue weighted by Crippen LogP contribution is -2.01. The van der Waals surface area contributed by atoms with E-state index in [4.69, 9.17) is 4.74 Å². The number of hydrogen-bond donors (Lipinski definition) is 0. The Labute approximate surface area is 83.2 Å². The van der Waals surface area contributed by atoms with Crippen molar-refractivity contribution in [1.29, 1.82) is 0 Å². The first-order valence-electron chi connectivity index (χ1n) is 4.54. The van der Waals surface area contributed by atoms with Gasteiger partial charge in [0, 0.05) is 13.2 Å². The molecule has 0 atom stereocenters. The molecule has 0 bridgehead atoms. The minimum Gasteiger partial charge on any atom is -0.466 e. The van der Waals surface area contributed by atoms with Crippen LogP contribution in [0.5, 0.6) is 0 Å². The lowest BCUT2D eigenvalue weighted by molar-refractivity contribution is -0.142. The van der Waals surface area contributed by atoms with Gasteiger partial charge in [-0.05, 0) is 19.1 Å². The Morgan fingerprint density at radius 1 is 1.71 bits per heavy atom. The largest absolute Gasteiger partial charge is 0.466 e. The highest BCUT2D eigenvalue weighted by atomic mass is 16.5. The number of rotatable bonds is 4. The van der Waals surface area contributed by atoms with Gasteiger partial charge in [0.15, 0.2) is 0 Å². The van der Waals surface area contributed by atoms with Gasteiger partial charge in [-0.15, -0.1) is 0 Å². The molecule has 1 aromatic heterocycles. The second-order valence-electron chi connectivity index (χ2n) is 2.79. The zero-order valence-electron chi connectivity index (χ0n) is 8.43. The van der Waals surface area contributed by atoms with Crippen LogP contribution in [0.1, 0.15) is 19.0 Å². The summed E-state index contributed by atoms with van der Waals surface area (Å²) in [7, 11) is 1.85. The number of aryl methyl sites for hydroxylation is 1. The van der Waals surface area contributed by atoms with Gasteiger partial charge < -0.3 is 4.74 Å². The number of aromatic nitrogens is 2. The number of esters is 1. The average molecular weight is 194 g/mol. The highest BCUT2D eigenvalue weighted by Gasteiger charge is 1.97. The first kappa shape index (κ1) is 10.5. The summed E-state index contributed by atoms with van der Waals surface area (Å²) in [5, 5.41) is 4.00. The molecule has 0 saturated carbocycles. The SMILES string of the molecule is CCOC(=O)CC=Cc1ccnn1C. The normalized spacial score (nSPS) is 10.7. The van der Waals surface area contributed by atoms with Crippen LogP contribution < -0.4 is 0 Å². The highest BCUT2D eigenvalue weighted by molar-refractivity contribution is 5.72. The molecule has 4 heteroatoms. The first-order valence-corrected chi connectivity index (χ1v) is 4.54. The van der Waals surface area contributed by atoms with Gasteiger partial charge in [-0.3, -0.25) is 9.48 Å². The van der Waals surface area contributed by atoms with Crippen LogP contribution in [0, 0.1) is 0 Å². The Bertz CT molecular complexity index is 329. The van der Waals surface area contributed by atoms with Gasteiger partial charge in [-0.25, -0.2) is 0 Å². The third-order valence-electron chi connectivity index (χ3n) is 1.74. The second-order valence-corrected chi connectivity index (χ2v) is 2.79. The monoisotopic (exact) mass is 194 g/mol. The van der Waals surface area contributed by atoms with Crippen molar-refractivity contribution in [2.24, 2.45) is 7.05 Å². The summed E-state index contributed by atoms with van der Waals surface area (Å²) in [5.41, 5.74) is 0.967. The maximum absolute atomic E-state index is 11.0. The Morgan fingerprint density at radius 2 is 2.50 bits per heavy atom. The molecular weight excluding hydrogens is 180 g/mol. The molecule has 76 valence electrons. The molecule has 0 aliphatic rings. The zero-order chi connectivity index (χ0) is 10.4. The summed E-state index contributed by atoms with van der Waals surface area (Å²) in [6, 6.07) is 1.88. The van der Waals surface area contributed by atoms with Crippen molar-refractivity contribution < 1.29 is 9.53 Å². The van der Waals surface area contributed by atoms with E-state index in [-0.39, 0.29) is 5.97 Å². The zero-order valence-corrected chi connectivity index (χ0v) is 8.43.